The van der Waals surface area contributed by atoms with Crippen molar-refractivity contribution in [3.63, 3.8) is 0 Å². The molecule has 0 bridgehead atoms. The molecule has 0 saturated carbocycles. The Morgan fingerprint density at radius 3 is 2.50 bits per heavy atom. The normalized spacial score (nSPS) is 14.3. The van der Waals surface area contributed by atoms with Crippen molar-refractivity contribution in [2.75, 3.05) is 20.1 Å². The van der Waals surface area contributed by atoms with Gasteiger partial charge in [-0.15, -0.1) is 0 Å². The van der Waals surface area contributed by atoms with Crippen molar-refractivity contribution >= 4 is 5.91 Å². The Kier molecular flexibility index (Phi) is 7.94. The Hall–Kier alpha value is -3.84. The molecule has 38 heavy (non-hydrogen) atoms. The van der Waals surface area contributed by atoms with Gasteiger partial charge in [0, 0.05) is 55.8 Å². The van der Waals surface area contributed by atoms with Crippen LogP contribution in [-0.2, 0) is 19.6 Å². The second-order valence-corrected chi connectivity index (χ2v) is 10.3. The monoisotopic (exact) mass is 512 g/mol. The van der Waals surface area contributed by atoms with Gasteiger partial charge < -0.3 is 14.1 Å². The van der Waals surface area contributed by atoms with E-state index in [1.54, 1.807) is 12.5 Å². The maximum absolute atomic E-state index is 13.3. The van der Waals surface area contributed by atoms with E-state index in [4.69, 9.17) is 9.15 Å². The third-order valence-electron chi connectivity index (χ3n) is 7.03. The van der Waals surface area contributed by atoms with Crippen LogP contribution in [-0.4, -0.2) is 51.7 Å². The van der Waals surface area contributed by atoms with Gasteiger partial charge in [0.1, 0.15) is 11.9 Å². The van der Waals surface area contributed by atoms with Crippen LogP contribution in [0.3, 0.4) is 0 Å². The van der Waals surface area contributed by atoms with Gasteiger partial charge in [0.05, 0.1) is 24.8 Å². The maximum atomic E-state index is 13.3. The number of likely N-dealkylation sites (tertiary alicyclic amines) is 1. The fourth-order valence-electron chi connectivity index (χ4n) is 5.14. The van der Waals surface area contributed by atoms with Crippen LogP contribution in [0.4, 0.5) is 0 Å². The molecule has 3 heterocycles. The SMILES string of the molecule is Cc1cc(C)n(Cc2cccc(C(=O)N3CCC(Oc4cccc(CN(C)Cc5ccoc5)c4)CC3)c2)n1. The second-order valence-electron chi connectivity index (χ2n) is 10.3. The first kappa shape index (κ1) is 25.8. The van der Waals surface area contributed by atoms with Crippen LogP contribution in [0.5, 0.6) is 5.75 Å². The third kappa shape index (κ3) is 6.53. The number of ether oxygens (including phenoxy) is 1. The highest BCUT2D eigenvalue weighted by Gasteiger charge is 2.25. The summed E-state index contributed by atoms with van der Waals surface area (Å²) in [5, 5.41) is 4.55. The van der Waals surface area contributed by atoms with Gasteiger partial charge in [0.25, 0.3) is 5.91 Å². The maximum Gasteiger partial charge on any atom is 0.253 e. The molecule has 1 aliphatic heterocycles. The number of hydrogen-bond donors (Lipinski definition) is 0. The Balaban J connectivity index is 1.13. The molecule has 1 aliphatic rings. The molecule has 0 radical (unpaired) electrons. The minimum atomic E-state index is 0.0846. The summed E-state index contributed by atoms with van der Waals surface area (Å²) in [6.45, 7) is 7.76. The molecular formula is C31H36N4O3. The van der Waals surface area contributed by atoms with Gasteiger partial charge in [-0.05, 0) is 68.4 Å². The van der Waals surface area contributed by atoms with Crippen molar-refractivity contribution in [1.82, 2.24) is 19.6 Å². The smallest absolute Gasteiger partial charge is 0.253 e. The molecule has 0 atom stereocenters. The standard InChI is InChI=1S/C31H36N4O3/c1-23-16-24(2)35(32-23)21-25-6-4-8-28(17-25)31(36)34-13-10-29(11-14-34)38-30-9-5-7-26(18-30)19-33(3)20-27-12-15-37-22-27/h4-9,12,15-18,22,29H,10-11,13-14,19-21H2,1-3H3. The number of aryl methyl sites for hydroxylation is 2. The molecule has 2 aromatic heterocycles. The van der Waals surface area contributed by atoms with Crippen LogP contribution in [0, 0.1) is 13.8 Å². The number of furan rings is 1. The van der Waals surface area contributed by atoms with Gasteiger partial charge in [-0.1, -0.05) is 24.3 Å². The molecule has 5 rings (SSSR count). The van der Waals surface area contributed by atoms with Crippen molar-refractivity contribution in [3.8, 4) is 5.75 Å². The van der Waals surface area contributed by atoms with Gasteiger partial charge in [-0.3, -0.25) is 14.4 Å². The lowest BCUT2D eigenvalue weighted by molar-refractivity contribution is 0.0595. The first-order valence-electron chi connectivity index (χ1n) is 13.3. The number of benzene rings is 2. The van der Waals surface area contributed by atoms with E-state index in [0.717, 1.165) is 59.8 Å². The zero-order chi connectivity index (χ0) is 26.5. The third-order valence-corrected chi connectivity index (χ3v) is 7.03. The quantitative estimate of drug-likeness (QED) is 0.298. The summed E-state index contributed by atoms with van der Waals surface area (Å²) in [5.74, 6) is 0.974. The summed E-state index contributed by atoms with van der Waals surface area (Å²) in [5.41, 5.74) is 6.31. The van der Waals surface area contributed by atoms with E-state index in [-0.39, 0.29) is 12.0 Å². The van der Waals surface area contributed by atoms with Crippen molar-refractivity contribution in [1.29, 1.82) is 0 Å². The molecule has 198 valence electrons. The minimum Gasteiger partial charge on any atom is -0.490 e. The number of rotatable bonds is 9. The van der Waals surface area contributed by atoms with E-state index in [0.29, 0.717) is 19.6 Å². The number of piperidine rings is 1. The zero-order valence-corrected chi connectivity index (χ0v) is 22.5. The molecule has 0 unspecified atom stereocenters. The molecule has 7 nitrogen and oxygen atoms in total. The van der Waals surface area contributed by atoms with Crippen LogP contribution in [0.1, 0.15) is 51.3 Å². The largest absolute Gasteiger partial charge is 0.490 e. The number of hydrogen-bond acceptors (Lipinski definition) is 5. The second kappa shape index (κ2) is 11.7. The zero-order valence-electron chi connectivity index (χ0n) is 22.5. The predicted molar refractivity (Wildman–Crippen MR) is 147 cm³/mol. The Labute approximate surface area is 224 Å². The van der Waals surface area contributed by atoms with Crippen molar-refractivity contribution in [2.24, 2.45) is 0 Å². The lowest BCUT2D eigenvalue weighted by atomic mass is 10.0. The van der Waals surface area contributed by atoms with E-state index in [1.165, 1.54) is 5.56 Å². The summed E-state index contributed by atoms with van der Waals surface area (Å²) >= 11 is 0. The van der Waals surface area contributed by atoms with E-state index >= 15 is 0 Å². The lowest BCUT2D eigenvalue weighted by Gasteiger charge is -2.32. The number of nitrogens with zero attached hydrogens (tertiary/aromatic N) is 4. The van der Waals surface area contributed by atoms with Crippen LogP contribution < -0.4 is 4.74 Å². The first-order chi connectivity index (χ1) is 18.4. The van der Waals surface area contributed by atoms with E-state index in [9.17, 15) is 4.79 Å². The Bertz CT molecular complexity index is 1350. The highest BCUT2D eigenvalue weighted by molar-refractivity contribution is 5.94. The highest BCUT2D eigenvalue weighted by atomic mass is 16.5. The Morgan fingerprint density at radius 2 is 1.76 bits per heavy atom. The van der Waals surface area contributed by atoms with E-state index in [1.807, 2.05) is 52.9 Å². The lowest BCUT2D eigenvalue weighted by Crippen LogP contribution is -2.41. The fourth-order valence-corrected chi connectivity index (χ4v) is 5.14. The fraction of sp³-hybridized carbons (Fsp3) is 0.355. The average Bonchev–Trinajstić information content (AvgIpc) is 3.53. The first-order valence-corrected chi connectivity index (χ1v) is 13.3. The van der Waals surface area contributed by atoms with Crippen LogP contribution in [0.15, 0.2) is 77.6 Å². The Morgan fingerprint density at radius 1 is 1.00 bits per heavy atom. The number of carbonyl (C=O) groups is 1. The number of amides is 1. The number of carbonyl (C=O) groups excluding carboxylic acids is 1. The van der Waals surface area contributed by atoms with E-state index in [2.05, 4.69) is 48.2 Å². The van der Waals surface area contributed by atoms with E-state index < -0.39 is 0 Å². The molecule has 0 aliphatic carbocycles. The van der Waals surface area contributed by atoms with Gasteiger partial charge in [-0.25, -0.2) is 0 Å². The number of aromatic nitrogens is 2. The van der Waals surface area contributed by atoms with Gasteiger partial charge >= 0.3 is 0 Å². The minimum absolute atomic E-state index is 0.0846. The van der Waals surface area contributed by atoms with Gasteiger partial charge in [0.2, 0.25) is 0 Å². The van der Waals surface area contributed by atoms with Crippen molar-refractivity contribution < 1.29 is 13.9 Å². The summed E-state index contributed by atoms with van der Waals surface area (Å²) in [4.78, 5) is 17.5. The summed E-state index contributed by atoms with van der Waals surface area (Å²) in [7, 11) is 2.10. The molecule has 0 spiro atoms. The summed E-state index contributed by atoms with van der Waals surface area (Å²) < 4.78 is 13.5. The summed E-state index contributed by atoms with van der Waals surface area (Å²) in [6, 6.07) is 20.3. The predicted octanol–water partition coefficient (Wildman–Crippen LogP) is 5.46. The van der Waals surface area contributed by atoms with Gasteiger partial charge in [-0.2, -0.15) is 5.10 Å². The molecule has 1 amide bonds. The topological polar surface area (TPSA) is 63.7 Å². The highest BCUT2D eigenvalue weighted by Crippen LogP contribution is 2.22. The average molecular weight is 513 g/mol. The molecule has 7 heteroatoms. The molecule has 1 fully saturated rings. The molecule has 2 aromatic carbocycles. The van der Waals surface area contributed by atoms with Crippen LogP contribution >= 0.6 is 0 Å². The van der Waals surface area contributed by atoms with Gasteiger partial charge in [0.15, 0.2) is 0 Å². The van der Waals surface area contributed by atoms with Crippen molar-refractivity contribution in [2.45, 2.75) is 52.4 Å². The summed E-state index contributed by atoms with van der Waals surface area (Å²) in [6.07, 6.45) is 5.24. The van der Waals surface area contributed by atoms with Crippen molar-refractivity contribution in [3.05, 3.63) is 107 Å². The molecule has 4 aromatic rings. The molecule has 0 N–H and O–H groups in total. The van der Waals surface area contributed by atoms with Crippen LogP contribution in [0.25, 0.3) is 0 Å². The molecular weight excluding hydrogens is 476 g/mol. The van der Waals surface area contributed by atoms with Crippen LogP contribution in [0.2, 0.25) is 0 Å². The molecule has 1 saturated heterocycles.